The molecule has 1 saturated heterocycles. The number of carbonyl (C=O) groups is 4. The molecule has 16 nitrogen and oxygen atoms in total. The van der Waals surface area contributed by atoms with E-state index >= 15 is 0 Å². The summed E-state index contributed by atoms with van der Waals surface area (Å²) in [5.74, 6) is -2.13. The lowest BCUT2D eigenvalue weighted by Gasteiger charge is -2.49. The van der Waals surface area contributed by atoms with E-state index in [1.807, 2.05) is 0 Å². The lowest BCUT2D eigenvalue weighted by atomic mass is 10.0. The number of thioether (sulfide) groups is 2. The standard InChI is InChI=1S/C16H16N10O6S3/c1-25-16(20-23-24-25)34-4-6-3-33-13-8(12(29)26(13)9(6)14(30)31)18-11(28)7(21-32-2)10-19-15(17-5-27)35-22-10/h5,8,13H,3-4H2,1-2H3,(H,18,28)(H,30,31)(H,17,19,22,27)/t8?,13-/m1/s1. The molecular weight excluding hydrogens is 524 g/mol. The molecular formula is C16H16N10O6S3. The van der Waals surface area contributed by atoms with Crippen molar-refractivity contribution in [3.05, 3.63) is 17.1 Å². The van der Waals surface area contributed by atoms with Crippen molar-refractivity contribution in [2.75, 3.05) is 23.9 Å². The molecule has 2 atom stereocenters. The van der Waals surface area contributed by atoms with E-state index in [-0.39, 0.29) is 28.1 Å². The van der Waals surface area contributed by atoms with Gasteiger partial charge < -0.3 is 20.6 Å². The van der Waals surface area contributed by atoms with E-state index in [1.165, 1.54) is 35.3 Å². The number of carboxylic acids is 1. The van der Waals surface area contributed by atoms with Crippen LogP contribution in [-0.4, -0.2) is 99.5 Å². The fourth-order valence-electron chi connectivity index (χ4n) is 3.20. The maximum atomic E-state index is 12.9. The number of carboxylic acid groups (broad SMARTS) is 1. The predicted molar refractivity (Wildman–Crippen MR) is 122 cm³/mol. The van der Waals surface area contributed by atoms with Gasteiger partial charge in [-0.2, -0.15) is 9.36 Å². The van der Waals surface area contributed by atoms with Crippen LogP contribution < -0.4 is 10.6 Å². The SMILES string of the molecule is CON=C(C(=O)NC1C(=O)N2C(C(=O)O)=C(CSc3nnnn3C)CS[C@H]12)c1nsc(NC=O)n1. The van der Waals surface area contributed by atoms with Gasteiger partial charge in [-0.3, -0.25) is 19.3 Å². The third kappa shape index (κ3) is 4.82. The number of carbonyl (C=O) groups excluding carboxylic acids is 3. The number of tetrazole rings is 1. The number of β-lactam (4-membered cyclic amide) rings is 1. The summed E-state index contributed by atoms with van der Waals surface area (Å²) < 4.78 is 5.41. The van der Waals surface area contributed by atoms with Crippen molar-refractivity contribution < 1.29 is 29.1 Å². The minimum absolute atomic E-state index is 0.109. The van der Waals surface area contributed by atoms with Crippen LogP contribution in [0.4, 0.5) is 5.13 Å². The number of anilines is 1. The highest BCUT2D eigenvalue weighted by atomic mass is 32.2. The maximum absolute atomic E-state index is 12.9. The Hall–Kier alpha value is -3.58. The van der Waals surface area contributed by atoms with Crippen LogP contribution in [0.5, 0.6) is 0 Å². The zero-order valence-electron chi connectivity index (χ0n) is 17.9. The molecule has 1 fully saturated rings. The van der Waals surface area contributed by atoms with Crippen molar-refractivity contribution in [2.24, 2.45) is 12.2 Å². The first-order valence-corrected chi connectivity index (χ1v) is 12.4. The summed E-state index contributed by atoms with van der Waals surface area (Å²) in [5, 5.41) is 29.4. The van der Waals surface area contributed by atoms with Gasteiger partial charge in [0, 0.05) is 30.1 Å². The molecule has 0 aliphatic carbocycles. The molecule has 2 aliphatic heterocycles. The van der Waals surface area contributed by atoms with E-state index in [9.17, 15) is 24.3 Å². The summed E-state index contributed by atoms with van der Waals surface area (Å²) in [7, 11) is 2.88. The second-order valence-corrected chi connectivity index (χ2v) is 9.60. The molecule has 2 aromatic rings. The summed E-state index contributed by atoms with van der Waals surface area (Å²) in [6.07, 6.45) is 0.407. The summed E-state index contributed by atoms with van der Waals surface area (Å²) in [6.45, 7) is 0. The average Bonchev–Trinajstić information content (AvgIpc) is 3.47. The van der Waals surface area contributed by atoms with E-state index in [0.29, 0.717) is 22.9 Å². The molecule has 0 bridgehead atoms. The zero-order valence-corrected chi connectivity index (χ0v) is 20.4. The van der Waals surface area contributed by atoms with Gasteiger partial charge in [0.15, 0.2) is 0 Å². The van der Waals surface area contributed by atoms with Crippen molar-refractivity contribution in [1.82, 2.24) is 39.8 Å². The minimum atomic E-state index is -1.25. The van der Waals surface area contributed by atoms with Crippen LogP contribution >= 0.6 is 35.1 Å². The molecule has 35 heavy (non-hydrogen) atoms. The molecule has 0 aromatic carbocycles. The van der Waals surface area contributed by atoms with Gasteiger partial charge in [0.05, 0.1) is 0 Å². The largest absolute Gasteiger partial charge is 0.477 e. The van der Waals surface area contributed by atoms with E-state index in [1.54, 1.807) is 7.05 Å². The molecule has 1 unspecified atom stereocenters. The molecule has 4 heterocycles. The van der Waals surface area contributed by atoms with Gasteiger partial charge in [-0.05, 0) is 16.0 Å². The van der Waals surface area contributed by atoms with Gasteiger partial charge in [-0.1, -0.05) is 16.9 Å². The van der Waals surface area contributed by atoms with E-state index in [2.05, 4.69) is 40.7 Å². The van der Waals surface area contributed by atoms with Crippen LogP contribution in [0.15, 0.2) is 21.6 Å². The van der Waals surface area contributed by atoms with Gasteiger partial charge >= 0.3 is 5.97 Å². The summed E-state index contributed by atoms with van der Waals surface area (Å²) in [4.78, 5) is 58.2. The number of nitrogens with zero attached hydrogens (tertiary/aromatic N) is 8. The van der Waals surface area contributed by atoms with Gasteiger partial charge in [0.25, 0.3) is 11.8 Å². The van der Waals surface area contributed by atoms with Crippen LogP contribution in [0, 0.1) is 0 Å². The number of hydrogen-bond donors (Lipinski definition) is 3. The Morgan fingerprint density at radius 3 is 2.89 bits per heavy atom. The van der Waals surface area contributed by atoms with E-state index in [0.717, 1.165) is 16.4 Å². The zero-order chi connectivity index (χ0) is 25.1. The summed E-state index contributed by atoms with van der Waals surface area (Å²) in [5.41, 5.74) is 0.106. The number of nitrogens with one attached hydrogen (secondary N) is 2. The number of amides is 3. The first kappa shape index (κ1) is 24.5. The smallest absolute Gasteiger partial charge is 0.352 e. The molecule has 4 rings (SSSR count). The van der Waals surface area contributed by atoms with Crippen LogP contribution in [-0.2, 0) is 31.1 Å². The van der Waals surface area contributed by atoms with Gasteiger partial charge in [0.2, 0.25) is 28.2 Å². The predicted octanol–water partition coefficient (Wildman–Crippen LogP) is -1.49. The maximum Gasteiger partial charge on any atom is 0.352 e. The van der Waals surface area contributed by atoms with Crippen molar-refractivity contribution in [3.63, 3.8) is 0 Å². The first-order valence-electron chi connectivity index (χ1n) is 9.57. The normalized spacial score (nSPS) is 19.7. The number of hydrogen-bond acceptors (Lipinski definition) is 14. The number of aryl methyl sites for hydroxylation is 1. The number of aliphatic carboxylic acids is 1. The Morgan fingerprint density at radius 2 is 2.23 bits per heavy atom. The second kappa shape index (κ2) is 10.4. The lowest BCUT2D eigenvalue weighted by Crippen LogP contribution is -2.71. The van der Waals surface area contributed by atoms with Crippen molar-refractivity contribution in [2.45, 2.75) is 16.6 Å². The highest BCUT2D eigenvalue weighted by Gasteiger charge is 2.54. The Morgan fingerprint density at radius 1 is 1.43 bits per heavy atom. The quantitative estimate of drug-likeness (QED) is 0.103. The van der Waals surface area contributed by atoms with Crippen molar-refractivity contribution in [3.8, 4) is 0 Å². The van der Waals surface area contributed by atoms with Crippen LogP contribution in [0.2, 0.25) is 0 Å². The van der Waals surface area contributed by atoms with Crippen molar-refractivity contribution in [1.29, 1.82) is 0 Å². The molecule has 19 heteroatoms. The third-order valence-electron chi connectivity index (χ3n) is 4.71. The second-order valence-electron chi connectivity index (χ2n) is 6.80. The Labute approximate surface area is 208 Å². The topological polar surface area (TPSA) is 207 Å². The van der Waals surface area contributed by atoms with Gasteiger partial charge in [-0.15, -0.1) is 16.9 Å². The molecule has 3 N–H and O–H groups in total. The highest BCUT2D eigenvalue weighted by Crippen LogP contribution is 2.41. The van der Waals surface area contributed by atoms with Crippen molar-refractivity contribution >= 4 is 70.1 Å². The molecule has 3 amide bonds. The van der Waals surface area contributed by atoms with Crippen LogP contribution in [0.3, 0.4) is 0 Å². The summed E-state index contributed by atoms with van der Waals surface area (Å²) >= 11 is 3.39. The minimum Gasteiger partial charge on any atom is -0.477 e. The van der Waals surface area contributed by atoms with Gasteiger partial charge in [0.1, 0.15) is 24.2 Å². The van der Waals surface area contributed by atoms with Crippen LogP contribution in [0.25, 0.3) is 0 Å². The van der Waals surface area contributed by atoms with Gasteiger partial charge in [-0.25, -0.2) is 9.48 Å². The molecule has 184 valence electrons. The van der Waals surface area contributed by atoms with E-state index in [4.69, 9.17) is 4.84 Å². The molecule has 2 aromatic heterocycles. The first-order chi connectivity index (χ1) is 16.8. The number of rotatable bonds is 10. The molecule has 0 spiro atoms. The summed E-state index contributed by atoms with van der Waals surface area (Å²) in [6, 6.07) is -0.993. The Balaban J connectivity index is 1.48. The number of aromatic nitrogens is 6. The van der Waals surface area contributed by atoms with Crippen LogP contribution in [0.1, 0.15) is 5.82 Å². The molecule has 0 radical (unpaired) electrons. The molecule has 0 saturated carbocycles. The Kier molecular flexibility index (Phi) is 7.26. The molecule has 2 aliphatic rings. The fourth-order valence-corrected chi connectivity index (χ4v) is 6.07. The third-order valence-corrected chi connectivity index (χ3v) is 7.79. The lowest BCUT2D eigenvalue weighted by molar-refractivity contribution is -0.150. The number of oxime groups is 1. The Bertz CT molecular complexity index is 1240. The number of fused-ring (bicyclic) bond motifs is 1. The fraction of sp³-hybridized carbons (Fsp3) is 0.375. The van der Waals surface area contributed by atoms with E-state index < -0.39 is 29.2 Å². The highest BCUT2D eigenvalue weighted by molar-refractivity contribution is 8.01. The average molecular weight is 541 g/mol. The monoisotopic (exact) mass is 540 g/mol.